The lowest BCUT2D eigenvalue weighted by Gasteiger charge is -2.23. The normalized spacial score (nSPS) is 30.7. The molecule has 15 heavy (non-hydrogen) atoms. The predicted molar refractivity (Wildman–Crippen MR) is 60.8 cm³/mol. The Morgan fingerprint density at radius 2 is 2.53 bits per heavy atom. The van der Waals surface area contributed by atoms with E-state index in [1.807, 2.05) is 11.9 Å². The van der Waals surface area contributed by atoms with E-state index in [-0.39, 0.29) is 11.9 Å². The van der Waals surface area contributed by atoms with Gasteiger partial charge in [-0.3, -0.25) is 10.1 Å². The van der Waals surface area contributed by atoms with Crippen molar-refractivity contribution in [2.24, 2.45) is 5.92 Å². The number of likely N-dealkylation sites (N-methyl/N-ethyl adjacent to an activating group) is 1. The average molecular weight is 230 g/mol. The van der Waals surface area contributed by atoms with E-state index in [2.05, 4.69) is 5.32 Å². The number of nitrogens with one attached hydrogen (secondary N) is 1. The summed E-state index contributed by atoms with van der Waals surface area (Å²) < 4.78 is 5.31. The summed E-state index contributed by atoms with van der Waals surface area (Å²) in [6.45, 7) is 2.50. The predicted octanol–water partition coefficient (Wildman–Crippen LogP) is 0.144. The van der Waals surface area contributed by atoms with Gasteiger partial charge in [-0.2, -0.15) is 0 Å². The summed E-state index contributed by atoms with van der Waals surface area (Å²) in [7, 11) is 1.89. The van der Waals surface area contributed by atoms with Crippen molar-refractivity contribution in [2.45, 2.75) is 12.5 Å². The van der Waals surface area contributed by atoms with Crippen LogP contribution in [0.25, 0.3) is 0 Å². The van der Waals surface area contributed by atoms with Gasteiger partial charge in [-0.15, -0.1) is 11.8 Å². The molecule has 2 heterocycles. The lowest BCUT2D eigenvalue weighted by Crippen LogP contribution is -2.44. The molecule has 2 rings (SSSR count). The van der Waals surface area contributed by atoms with Crippen molar-refractivity contribution >= 4 is 17.7 Å². The molecule has 0 aromatic rings. The van der Waals surface area contributed by atoms with E-state index >= 15 is 0 Å². The van der Waals surface area contributed by atoms with Crippen molar-refractivity contribution in [1.82, 2.24) is 10.2 Å². The molecule has 1 amide bonds. The Kier molecular flexibility index (Phi) is 3.88. The van der Waals surface area contributed by atoms with E-state index in [0.29, 0.717) is 5.92 Å². The quantitative estimate of drug-likeness (QED) is 0.749. The summed E-state index contributed by atoms with van der Waals surface area (Å²) in [5.41, 5.74) is 0. The number of ether oxygens (including phenoxy) is 1. The third kappa shape index (κ3) is 2.86. The summed E-state index contributed by atoms with van der Waals surface area (Å²) in [5, 5.41) is 3.20. The lowest BCUT2D eigenvalue weighted by atomic mass is 10.1. The van der Waals surface area contributed by atoms with Gasteiger partial charge in [0.25, 0.3) is 0 Å². The maximum Gasteiger partial charge on any atom is 0.240 e. The number of carbonyl (C=O) groups is 1. The van der Waals surface area contributed by atoms with Crippen LogP contribution in [0.1, 0.15) is 6.42 Å². The number of hydrogen-bond acceptors (Lipinski definition) is 4. The second-order valence-electron chi connectivity index (χ2n) is 4.22. The van der Waals surface area contributed by atoms with Crippen molar-refractivity contribution in [3.05, 3.63) is 0 Å². The number of hydrogen-bond donors (Lipinski definition) is 1. The largest absolute Gasteiger partial charge is 0.381 e. The summed E-state index contributed by atoms with van der Waals surface area (Å²) >= 11 is 1.79. The second kappa shape index (κ2) is 5.18. The fourth-order valence-corrected chi connectivity index (χ4v) is 2.96. The van der Waals surface area contributed by atoms with Gasteiger partial charge in [0.1, 0.15) is 0 Å². The van der Waals surface area contributed by atoms with Gasteiger partial charge in [0.05, 0.1) is 12.6 Å². The molecule has 2 saturated heterocycles. The molecular formula is C10H18N2O2S. The molecule has 86 valence electrons. The van der Waals surface area contributed by atoms with Crippen molar-refractivity contribution < 1.29 is 9.53 Å². The highest BCUT2D eigenvalue weighted by molar-refractivity contribution is 7.99. The standard InChI is InChI=1S/C10H18N2O2S/c1-12(4-8-2-3-14-5-8)10(13)9-6-15-7-11-9/h8-9,11H,2-7H2,1H3. The van der Waals surface area contributed by atoms with Gasteiger partial charge in [-0.1, -0.05) is 0 Å². The number of nitrogens with zero attached hydrogens (tertiary/aromatic N) is 1. The van der Waals surface area contributed by atoms with Gasteiger partial charge in [-0.25, -0.2) is 0 Å². The smallest absolute Gasteiger partial charge is 0.240 e. The fraction of sp³-hybridized carbons (Fsp3) is 0.900. The zero-order chi connectivity index (χ0) is 10.7. The average Bonchev–Trinajstić information content (AvgIpc) is 2.88. The topological polar surface area (TPSA) is 41.6 Å². The molecule has 0 aromatic heterocycles. The monoisotopic (exact) mass is 230 g/mol. The van der Waals surface area contributed by atoms with Crippen molar-refractivity contribution in [3.63, 3.8) is 0 Å². The molecule has 2 aliphatic heterocycles. The van der Waals surface area contributed by atoms with Crippen LogP contribution in [0, 0.1) is 5.92 Å². The minimum Gasteiger partial charge on any atom is -0.381 e. The highest BCUT2D eigenvalue weighted by atomic mass is 32.2. The molecule has 5 heteroatoms. The third-order valence-electron chi connectivity index (χ3n) is 2.95. The van der Waals surface area contributed by atoms with E-state index < -0.39 is 0 Å². The van der Waals surface area contributed by atoms with Crippen LogP contribution in [0.5, 0.6) is 0 Å². The summed E-state index contributed by atoms with van der Waals surface area (Å²) in [4.78, 5) is 13.8. The van der Waals surface area contributed by atoms with Gasteiger partial charge in [-0.05, 0) is 6.42 Å². The number of thioether (sulfide) groups is 1. The zero-order valence-corrected chi connectivity index (χ0v) is 9.89. The first kappa shape index (κ1) is 11.2. The SMILES string of the molecule is CN(CC1CCOC1)C(=O)C1CSCN1. The van der Waals surface area contributed by atoms with Gasteiger partial charge >= 0.3 is 0 Å². The van der Waals surface area contributed by atoms with Crippen LogP contribution < -0.4 is 5.32 Å². The number of amides is 1. The second-order valence-corrected chi connectivity index (χ2v) is 5.25. The highest BCUT2D eigenvalue weighted by Crippen LogP contribution is 2.16. The Morgan fingerprint density at radius 3 is 3.13 bits per heavy atom. The number of carbonyl (C=O) groups excluding carboxylic acids is 1. The van der Waals surface area contributed by atoms with Crippen LogP contribution in [0.4, 0.5) is 0 Å². The number of rotatable bonds is 3. The molecule has 2 fully saturated rings. The maximum absolute atomic E-state index is 11.9. The summed E-state index contributed by atoms with van der Waals surface area (Å²) in [6, 6.07) is 0.0299. The Bertz CT molecular complexity index is 225. The van der Waals surface area contributed by atoms with Crippen LogP contribution in [0.15, 0.2) is 0 Å². The molecule has 0 aromatic carbocycles. The molecule has 1 N–H and O–H groups in total. The lowest BCUT2D eigenvalue weighted by molar-refractivity contribution is -0.131. The molecule has 4 nitrogen and oxygen atoms in total. The molecule has 0 spiro atoms. The molecular weight excluding hydrogens is 212 g/mol. The molecule has 0 saturated carbocycles. The Morgan fingerprint density at radius 1 is 1.67 bits per heavy atom. The van der Waals surface area contributed by atoms with Gasteiger partial charge < -0.3 is 9.64 Å². The molecule has 0 bridgehead atoms. The first-order chi connectivity index (χ1) is 7.27. The van der Waals surface area contributed by atoms with E-state index in [1.165, 1.54) is 0 Å². The van der Waals surface area contributed by atoms with Crippen molar-refractivity contribution in [3.8, 4) is 0 Å². The summed E-state index contributed by atoms with van der Waals surface area (Å²) in [6.07, 6.45) is 1.09. The van der Waals surface area contributed by atoms with E-state index in [0.717, 1.165) is 37.8 Å². The van der Waals surface area contributed by atoms with Crippen LogP contribution in [0.3, 0.4) is 0 Å². The van der Waals surface area contributed by atoms with Crippen molar-refractivity contribution in [2.75, 3.05) is 38.4 Å². The molecule has 2 aliphatic rings. The maximum atomic E-state index is 11.9. The van der Waals surface area contributed by atoms with Crippen LogP contribution in [0.2, 0.25) is 0 Å². The van der Waals surface area contributed by atoms with Gasteiger partial charge in [0, 0.05) is 37.7 Å². The van der Waals surface area contributed by atoms with E-state index in [9.17, 15) is 4.79 Å². The van der Waals surface area contributed by atoms with Gasteiger partial charge in [0.15, 0.2) is 0 Å². The van der Waals surface area contributed by atoms with Crippen LogP contribution in [-0.2, 0) is 9.53 Å². The first-order valence-corrected chi connectivity index (χ1v) is 6.56. The highest BCUT2D eigenvalue weighted by Gasteiger charge is 2.27. The minimum absolute atomic E-state index is 0.0299. The van der Waals surface area contributed by atoms with Crippen LogP contribution in [-0.4, -0.2) is 55.3 Å². The van der Waals surface area contributed by atoms with E-state index in [4.69, 9.17) is 4.74 Å². The summed E-state index contributed by atoms with van der Waals surface area (Å²) in [5.74, 6) is 2.57. The third-order valence-corrected chi connectivity index (χ3v) is 3.89. The molecule has 0 aliphatic carbocycles. The Hall–Kier alpha value is -0.260. The van der Waals surface area contributed by atoms with Crippen LogP contribution >= 0.6 is 11.8 Å². The molecule has 2 unspecified atom stereocenters. The van der Waals surface area contributed by atoms with Crippen molar-refractivity contribution in [1.29, 1.82) is 0 Å². The fourth-order valence-electron chi connectivity index (χ4n) is 2.02. The van der Waals surface area contributed by atoms with Gasteiger partial charge in [0.2, 0.25) is 5.91 Å². The van der Waals surface area contributed by atoms with E-state index in [1.54, 1.807) is 11.8 Å². The molecule has 0 radical (unpaired) electrons. The Balaban J connectivity index is 1.78. The molecule has 2 atom stereocenters. The minimum atomic E-state index is 0.0299. The first-order valence-electron chi connectivity index (χ1n) is 5.41. The zero-order valence-electron chi connectivity index (χ0n) is 9.07. The Labute approximate surface area is 94.7 Å².